The van der Waals surface area contributed by atoms with E-state index in [0.29, 0.717) is 22.9 Å². The van der Waals surface area contributed by atoms with Crippen LogP contribution in [0.25, 0.3) is 11.3 Å². The summed E-state index contributed by atoms with van der Waals surface area (Å²) in [5, 5.41) is 14.1. The molecule has 2 N–H and O–H groups in total. The summed E-state index contributed by atoms with van der Waals surface area (Å²) in [5.74, 6) is 1.10. The van der Waals surface area contributed by atoms with Crippen LogP contribution in [0.3, 0.4) is 0 Å². The third-order valence-corrected chi connectivity index (χ3v) is 3.79. The van der Waals surface area contributed by atoms with E-state index in [9.17, 15) is 0 Å². The van der Waals surface area contributed by atoms with Gasteiger partial charge < -0.3 is 10.6 Å². The molecule has 0 unspecified atom stereocenters. The summed E-state index contributed by atoms with van der Waals surface area (Å²) in [4.78, 5) is 8.96. The zero-order valence-electron chi connectivity index (χ0n) is 13.8. The van der Waals surface area contributed by atoms with Gasteiger partial charge in [-0.2, -0.15) is 0 Å². The van der Waals surface area contributed by atoms with Crippen LogP contribution in [-0.2, 0) is 0 Å². The molecule has 4 aromatic rings. The second kappa shape index (κ2) is 6.20. The van der Waals surface area contributed by atoms with Gasteiger partial charge in [0.1, 0.15) is 0 Å². The fourth-order valence-corrected chi connectivity index (χ4v) is 2.55. The van der Waals surface area contributed by atoms with E-state index in [2.05, 4.69) is 43.9 Å². The molecule has 25 heavy (non-hydrogen) atoms. The lowest BCUT2D eigenvalue weighted by Crippen LogP contribution is -2.04. The van der Waals surface area contributed by atoms with Crippen molar-refractivity contribution in [2.75, 3.05) is 10.6 Å². The van der Waals surface area contributed by atoms with Crippen LogP contribution in [0, 0.1) is 13.8 Å². The Balaban J connectivity index is 1.76. The van der Waals surface area contributed by atoms with Crippen molar-refractivity contribution >= 4 is 34.3 Å². The molecule has 0 aliphatic rings. The van der Waals surface area contributed by atoms with Gasteiger partial charge in [-0.3, -0.25) is 0 Å². The first-order valence-electron chi connectivity index (χ1n) is 7.86. The standard InChI is InChI=1S/C18H16N6O/c1-11-8-9-14(12(2)10-11)20-16-15(19-13-6-4-3-5-7-13)21-17-18(22-16)24-25-23-17/h3-10H,1-2H3,(H,19,21,23)(H,20,22,24). The molecule has 0 fully saturated rings. The van der Waals surface area contributed by atoms with E-state index in [1.165, 1.54) is 5.56 Å². The van der Waals surface area contributed by atoms with Gasteiger partial charge in [-0.25, -0.2) is 14.6 Å². The van der Waals surface area contributed by atoms with Crippen molar-refractivity contribution in [1.29, 1.82) is 0 Å². The molecule has 0 bridgehead atoms. The maximum atomic E-state index is 4.73. The highest BCUT2D eigenvalue weighted by Gasteiger charge is 2.14. The first kappa shape index (κ1) is 15.1. The maximum absolute atomic E-state index is 4.73. The number of fused-ring (bicyclic) bond motifs is 1. The van der Waals surface area contributed by atoms with Crippen molar-refractivity contribution in [1.82, 2.24) is 20.3 Å². The van der Waals surface area contributed by atoms with Crippen LogP contribution in [0.4, 0.5) is 23.0 Å². The summed E-state index contributed by atoms with van der Waals surface area (Å²) < 4.78 is 4.73. The Morgan fingerprint density at radius 1 is 0.800 bits per heavy atom. The lowest BCUT2D eigenvalue weighted by Gasteiger charge is -2.13. The van der Waals surface area contributed by atoms with Crippen LogP contribution < -0.4 is 10.6 Å². The lowest BCUT2D eigenvalue weighted by atomic mass is 10.1. The number of hydrogen-bond donors (Lipinski definition) is 2. The fraction of sp³-hybridized carbons (Fsp3) is 0.111. The van der Waals surface area contributed by atoms with Gasteiger partial charge in [-0.05, 0) is 47.9 Å². The molecule has 0 amide bonds. The van der Waals surface area contributed by atoms with E-state index in [0.717, 1.165) is 16.9 Å². The molecular weight excluding hydrogens is 316 g/mol. The number of nitrogens with one attached hydrogen (secondary N) is 2. The highest BCUT2D eigenvalue weighted by molar-refractivity contribution is 5.79. The number of nitrogens with zero attached hydrogens (tertiary/aromatic N) is 4. The van der Waals surface area contributed by atoms with Gasteiger partial charge in [-0.15, -0.1) is 0 Å². The predicted octanol–water partition coefficient (Wildman–Crippen LogP) is 4.12. The van der Waals surface area contributed by atoms with Gasteiger partial charge in [0.2, 0.25) is 11.3 Å². The van der Waals surface area contributed by atoms with Gasteiger partial charge in [0.05, 0.1) is 0 Å². The quantitative estimate of drug-likeness (QED) is 0.581. The molecule has 124 valence electrons. The minimum atomic E-state index is 0.351. The number of aromatic nitrogens is 4. The van der Waals surface area contributed by atoms with Crippen LogP contribution in [0.1, 0.15) is 11.1 Å². The van der Waals surface area contributed by atoms with Crippen molar-refractivity contribution in [2.45, 2.75) is 13.8 Å². The molecule has 0 aliphatic carbocycles. The molecule has 2 aromatic carbocycles. The van der Waals surface area contributed by atoms with E-state index >= 15 is 0 Å². The van der Waals surface area contributed by atoms with E-state index in [-0.39, 0.29) is 0 Å². The molecular formula is C18H16N6O. The van der Waals surface area contributed by atoms with Gasteiger partial charge in [0, 0.05) is 11.4 Å². The lowest BCUT2D eigenvalue weighted by molar-refractivity contribution is 0.314. The molecule has 7 heteroatoms. The summed E-state index contributed by atoms with van der Waals surface area (Å²) in [5.41, 5.74) is 4.87. The Hall–Kier alpha value is -3.48. The van der Waals surface area contributed by atoms with E-state index in [4.69, 9.17) is 4.63 Å². The third-order valence-electron chi connectivity index (χ3n) is 3.79. The molecule has 0 spiro atoms. The van der Waals surface area contributed by atoms with Crippen molar-refractivity contribution < 1.29 is 4.63 Å². The molecule has 0 aliphatic heterocycles. The Morgan fingerprint density at radius 2 is 1.48 bits per heavy atom. The zero-order chi connectivity index (χ0) is 17.2. The Bertz CT molecular complexity index is 1030. The van der Waals surface area contributed by atoms with Gasteiger partial charge in [0.25, 0.3) is 0 Å². The normalized spacial score (nSPS) is 10.8. The summed E-state index contributed by atoms with van der Waals surface area (Å²) in [6.07, 6.45) is 0. The average Bonchev–Trinajstić information content (AvgIpc) is 3.05. The maximum Gasteiger partial charge on any atom is 0.245 e. The molecule has 4 rings (SSSR count). The molecule has 0 saturated carbocycles. The number of rotatable bonds is 4. The molecule has 2 aromatic heterocycles. The SMILES string of the molecule is Cc1ccc(Nc2nc3nonc3nc2Nc2ccccc2)c(C)c1. The monoisotopic (exact) mass is 332 g/mol. The molecule has 2 heterocycles. The largest absolute Gasteiger partial charge is 0.337 e. The summed E-state index contributed by atoms with van der Waals surface area (Å²) in [7, 11) is 0. The number of benzene rings is 2. The fourth-order valence-electron chi connectivity index (χ4n) is 2.55. The first-order valence-corrected chi connectivity index (χ1v) is 7.86. The van der Waals surface area contributed by atoms with E-state index in [1.54, 1.807) is 0 Å². The first-order chi connectivity index (χ1) is 12.2. The van der Waals surface area contributed by atoms with Crippen molar-refractivity contribution in [2.24, 2.45) is 0 Å². The number of para-hydroxylation sites is 1. The highest BCUT2D eigenvalue weighted by atomic mass is 16.6. The second-order valence-electron chi connectivity index (χ2n) is 5.77. The Kier molecular flexibility index (Phi) is 3.74. The molecule has 0 radical (unpaired) electrons. The van der Waals surface area contributed by atoms with Crippen molar-refractivity contribution in [3.05, 3.63) is 59.7 Å². The highest BCUT2D eigenvalue weighted by Crippen LogP contribution is 2.28. The minimum Gasteiger partial charge on any atom is -0.337 e. The number of aryl methyl sites for hydroxylation is 2. The minimum absolute atomic E-state index is 0.351. The van der Waals surface area contributed by atoms with Gasteiger partial charge in [0.15, 0.2) is 11.6 Å². The molecule has 0 atom stereocenters. The van der Waals surface area contributed by atoms with E-state index < -0.39 is 0 Å². The van der Waals surface area contributed by atoms with Crippen molar-refractivity contribution in [3.8, 4) is 0 Å². The van der Waals surface area contributed by atoms with Crippen LogP contribution in [0.15, 0.2) is 53.2 Å². The van der Waals surface area contributed by atoms with Crippen LogP contribution in [-0.4, -0.2) is 20.3 Å². The summed E-state index contributed by atoms with van der Waals surface area (Å²) >= 11 is 0. The van der Waals surface area contributed by atoms with Crippen LogP contribution in [0.5, 0.6) is 0 Å². The smallest absolute Gasteiger partial charge is 0.245 e. The van der Waals surface area contributed by atoms with Crippen LogP contribution >= 0.6 is 0 Å². The Labute approximate surface area is 144 Å². The summed E-state index contributed by atoms with van der Waals surface area (Å²) in [6, 6.07) is 15.9. The number of anilines is 4. The van der Waals surface area contributed by atoms with Gasteiger partial charge in [-0.1, -0.05) is 35.9 Å². The topological polar surface area (TPSA) is 88.8 Å². The second-order valence-corrected chi connectivity index (χ2v) is 5.77. The predicted molar refractivity (Wildman–Crippen MR) is 96.3 cm³/mol. The van der Waals surface area contributed by atoms with Crippen molar-refractivity contribution in [3.63, 3.8) is 0 Å². The molecule has 0 saturated heterocycles. The zero-order valence-corrected chi connectivity index (χ0v) is 13.8. The summed E-state index contributed by atoms with van der Waals surface area (Å²) in [6.45, 7) is 4.11. The average molecular weight is 332 g/mol. The van der Waals surface area contributed by atoms with Crippen LogP contribution in [0.2, 0.25) is 0 Å². The number of hydrogen-bond acceptors (Lipinski definition) is 7. The third kappa shape index (κ3) is 3.12. The van der Waals surface area contributed by atoms with Gasteiger partial charge >= 0.3 is 0 Å². The molecule has 7 nitrogen and oxygen atoms in total. The Morgan fingerprint density at radius 3 is 2.16 bits per heavy atom. The van der Waals surface area contributed by atoms with E-state index in [1.807, 2.05) is 49.4 Å².